The fraction of sp³-hybridized carbons (Fsp3) is 0. The van der Waals surface area contributed by atoms with Gasteiger partial charge < -0.3 is 0 Å². The zero-order chi connectivity index (χ0) is 13.4. The zero-order valence-electron chi connectivity index (χ0n) is 8.95. The Hall–Kier alpha value is -1.69. The van der Waals surface area contributed by atoms with Gasteiger partial charge >= 0.3 is 0 Å². The minimum atomic E-state index is -6.29. The van der Waals surface area contributed by atoms with E-state index in [1.165, 1.54) is 0 Å². The molecule has 2 aromatic rings. The van der Waals surface area contributed by atoms with E-state index >= 15 is 0 Å². The number of hydrogen-bond donors (Lipinski definition) is 0. The van der Waals surface area contributed by atoms with Gasteiger partial charge in [0.15, 0.2) is 0 Å². The van der Waals surface area contributed by atoms with E-state index in [0.29, 0.717) is 0 Å². The first-order valence-corrected chi connectivity index (χ1v) is 6.67. The maximum Gasteiger partial charge on any atom is 0.209 e. The van der Waals surface area contributed by atoms with Crippen LogP contribution in [0.5, 0.6) is 0 Å². The van der Waals surface area contributed by atoms with Crippen LogP contribution in [0.1, 0.15) is 0 Å². The van der Waals surface area contributed by atoms with Gasteiger partial charge in [-0.2, -0.15) is 0 Å². The van der Waals surface area contributed by atoms with Crippen LogP contribution in [-0.2, 0) is 9.84 Å². The summed E-state index contributed by atoms with van der Waals surface area (Å²) in [7, 11) is -6.29. The molecule has 96 valence electrons. The summed E-state index contributed by atoms with van der Waals surface area (Å²) in [6.45, 7) is 0. The van der Waals surface area contributed by atoms with Gasteiger partial charge in [-0.3, -0.25) is 0 Å². The molecule has 0 aliphatic carbocycles. The Morgan fingerprint density at radius 3 is 1.22 bits per heavy atom. The van der Waals surface area contributed by atoms with Crippen molar-refractivity contribution < 1.29 is 20.8 Å². The Morgan fingerprint density at radius 1 is 0.667 bits per heavy atom. The van der Waals surface area contributed by atoms with Crippen LogP contribution in [0.3, 0.4) is 0 Å². The summed E-state index contributed by atoms with van der Waals surface area (Å²) in [5, 5.41) is 0. The highest BCUT2D eigenvalue weighted by Gasteiger charge is 2.40. The van der Waals surface area contributed by atoms with Crippen molar-refractivity contribution in [3.05, 3.63) is 60.2 Å². The van der Waals surface area contributed by atoms with Crippen molar-refractivity contribution in [2.24, 2.45) is 0 Å². The SMILES string of the molecule is O=S(F)(F)(c1ccc(F)cc1)c1ccc(F)cc1. The van der Waals surface area contributed by atoms with Crippen LogP contribution >= 0.6 is 0 Å². The molecule has 2 aromatic carbocycles. The van der Waals surface area contributed by atoms with E-state index in [4.69, 9.17) is 0 Å². The molecule has 0 heterocycles. The first-order valence-electron chi connectivity index (χ1n) is 4.90. The van der Waals surface area contributed by atoms with E-state index in [-0.39, 0.29) is 0 Å². The van der Waals surface area contributed by atoms with E-state index in [1.807, 2.05) is 0 Å². The van der Waals surface area contributed by atoms with Crippen molar-refractivity contribution in [1.29, 1.82) is 0 Å². The molecule has 0 saturated carbocycles. The monoisotopic (exact) mass is 276 g/mol. The lowest BCUT2D eigenvalue weighted by atomic mass is 10.3. The fourth-order valence-electron chi connectivity index (χ4n) is 1.46. The quantitative estimate of drug-likeness (QED) is 0.599. The second-order valence-corrected chi connectivity index (χ2v) is 6.14. The van der Waals surface area contributed by atoms with Gasteiger partial charge in [0.05, 0.1) is 9.79 Å². The summed E-state index contributed by atoms with van der Waals surface area (Å²) in [4.78, 5) is -1.58. The Bertz CT molecular complexity index is 577. The Kier molecular flexibility index (Phi) is 2.77. The lowest BCUT2D eigenvalue weighted by Gasteiger charge is -2.25. The van der Waals surface area contributed by atoms with Crippen LogP contribution in [0.4, 0.5) is 16.6 Å². The molecule has 0 spiro atoms. The average Bonchev–Trinajstić information content (AvgIpc) is 2.29. The number of rotatable bonds is 2. The van der Waals surface area contributed by atoms with Gasteiger partial charge in [-0.05, 0) is 48.5 Å². The number of hydrogen-bond acceptors (Lipinski definition) is 1. The highest BCUT2D eigenvalue weighted by Crippen LogP contribution is 2.46. The standard InChI is InChI=1S/C12H8F4OS/c13-9-1-5-11(6-2-9)18(15,16,17)12-7-3-10(14)4-8-12/h1-8H. The molecule has 18 heavy (non-hydrogen) atoms. The van der Waals surface area contributed by atoms with Crippen molar-refractivity contribution >= 4 is 9.84 Å². The van der Waals surface area contributed by atoms with E-state index in [0.717, 1.165) is 48.5 Å². The van der Waals surface area contributed by atoms with Gasteiger partial charge in [0, 0.05) is 0 Å². The van der Waals surface area contributed by atoms with Gasteiger partial charge in [0.25, 0.3) is 0 Å². The van der Waals surface area contributed by atoms with Crippen LogP contribution < -0.4 is 0 Å². The number of benzene rings is 2. The molecule has 6 heteroatoms. The van der Waals surface area contributed by atoms with E-state index < -0.39 is 31.3 Å². The summed E-state index contributed by atoms with van der Waals surface area (Å²) >= 11 is 0. The summed E-state index contributed by atoms with van der Waals surface area (Å²) in [5.41, 5.74) is 0. The van der Waals surface area contributed by atoms with Crippen molar-refractivity contribution in [3.63, 3.8) is 0 Å². The third-order valence-corrected chi connectivity index (χ3v) is 4.53. The molecule has 0 N–H and O–H groups in total. The normalized spacial score (nSPS) is 13.9. The third kappa shape index (κ3) is 2.15. The van der Waals surface area contributed by atoms with Crippen LogP contribution in [0, 0.1) is 11.6 Å². The molecule has 0 bridgehead atoms. The lowest BCUT2D eigenvalue weighted by Crippen LogP contribution is -2.20. The molecular formula is C12H8F4OS. The Morgan fingerprint density at radius 2 is 0.944 bits per heavy atom. The lowest BCUT2D eigenvalue weighted by molar-refractivity contribution is 0.538. The Labute approximate surface area is 101 Å². The molecule has 0 unspecified atom stereocenters. The summed E-state index contributed by atoms with van der Waals surface area (Å²) in [5.74, 6) is -1.41. The van der Waals surface area contributed by atoms with Gasteiger partial charge in [-0.15, -0.1) is 7.77 Å². The molecule has 2 rings (SSSR count). The summed E-state index contributed by atoms with van der Waals surface area (Å²) in [6.07, 6.45) is 0. The predicted molar refractivity (Wildman–Crippen MR) is 59.7 cm³/mol. The van der Waals surface area contributed by atoms with Crippen molar-refractivity contribution in [2.75, 3.05) is 0 Å². The van der Waals surface area contributed by atoms with Crippen LogP contribution in [0.25, 0.3) is 0 Å². The van der Waals surface area contributed by atoms with Crippen molar-refractivity contribution in [1.82, 2.24) is 0 Å². The van der Waals surface area contributed by atoms with Crippen LogP contribution in [0.15, 0.2) is 58.3 Å². The van der Waals surface area contributed by atoms with E-state index in [2.05, 4.69) is 0 Å². The topological polar surface area (TPSA) is 17.1 Å². The Balaban J connectivity index is 2.60. The molecule has 0 aliphatic heterocycles. The first kappa shape index (κ1) is 12.8. The number of halogens is 4. The maximum atomic E-state index is 14.1. The van der Waals surface area contributed by atoms with Gasteiger partial charge in [-0.1, -0.05) is 0 Å². The first-order chi connectivity index (χ1) is 8.28. The third-order valence-electron chi connectivity index (χ3n) is 2.41. The summed E-state index contributed by atoms with van der Waals surface area (Å²) in [6, 6.07) is 6.22. The van der Waals surface area contributed by atoms with Crippen molar-refractivity contribution in [2.45, 2.75) is 9.79 Å². The minimum absolute atomic E-state index is 0.707. The highest BCUT2D eigenvalue weighted by atomic mass is 32.3. The van der Waals surface area contributed by atoms with Crippen LogP contribution in [0.2, 0.25) is 0 Å². The fourth-order valence-corrected chi connectivity index (χ4v) is 2.91. The second kappa shape index (κ2) is 3.91. The molecular weight excluding hydrogens is 268 g/mol. The van der Waals surface area contributed by atoms with Gasteiger partial charge in [0.2, 0.25) is 9.84 Å². The molecule has 0 amide bonds. The molecule has 0 radical (unpaired) electrons. The zero-order valence-corrected chi connectivity index (χ0v) is 9.76. The molecule has 0 aromatic heterocycles. The van der Waals surface area contributed by atoms with Crippen LogP contribution in [-0.4, -0.2) is 4.21 Å². The molecule has 0 saturated heterocycles. The minimum Gasteiger partial charge on any atom is -0.213 e. The largest absolute Gasteiger partial charge is 0.213 e. The second-order valence-electron chi connectivity index (χ2n) is 3.67. The van der Waals surface area contributed by atoms with E-state index in [1.54, 1.807) is 0 Å². The molecule has 0 atom stereocenters. The molecule has 0 fully saturated rings. The highest BCUT2D eigenvalue weighted by molar-refractivity contribution is 8.11. The van der Waals surface area contributed by atoms with Gasteiger partial charge in [-0.25, -0.2) is 13.0 Å². The van der Waals surface area contributed by atoms with Crippen molar-refractivity contribution in [3.8, 4) is 0 Å². The van der Waals surface area contributed by atoms with Gasteiger partial charge in [0.1, 0.15) is 11.6 Å². The maximum absolute atomic E-state index is 14.1. The molecule has 1 nitrogen and oxygen atoms in total. The summed E-state index contributed by atoms with van der Waals surface area (Å²) < 4.78 is 65.5. The van der Waals surface area contributed by atoms with E-state index in [9.17, 15) is 20.8 Å². The smallest absolute Gasteiger partial charge is 0.209 e. The average molecular weight is 276 g/mol. The predicted octanol–water partition coefficient (Wildman–Crippen LogP) is 3.97. The molecule has 0 aliphatic rings.